The molecule has 1 aliphatic rings. The van der Waals surface area contributed by atoms with Crippen LogP contribution in [0.1, 0.15) is 26.7 Å². The van der Waals surface area contributed by atoms with Crippen LogP contribution >= 0.6 is 0 Å². The van der Waals surface area contributed by atoms with Crippen LogP contribution in [0.5, 0.6) is 0 Å². The average Bonchev–Trinajstić information content (AvgIpc) is 2.28. The topological polar surface area (TPSA) is 55.8 Å². The molecular formula is C13H27N3O2. The molecule has 0 amide bonds. The van der Waals surface area contributed by atoms with Crippen molar-refractivity contribution in [3.8, 4) is 0 Å². The molecule has 0 aromatic heterocycles. The summed E-state index contributed by atoms with van der Waals surface area (Å²) in [6, 6.07) is 0.383. The number of piperidine rings is 1. The molecule has 106 valence electrons. The van der Waals surface area contributed by atoms with Gasteiger partial charge in [-0.05, 0) is 40.0 Å². The van der Waals surface area contributed by atoms with Gasteiger partial charge in [0, 0.05) is 18.6 Å². The Hall–Kier alpha value is -0.650. The maximum absolute atomic E-state index is 11.2. The number of carboxylic acids is 1. The minimum Gasteiger partial charge on any atom is -0.480 e. The summed E-state index contributed by atoms with van der Waals surface area (Å²) in [4.78, 5) is 15.7. The third-order valence-electron chi connectivity index (χ3n) is 3.56. The number of carbonyl (C=O) groups is 1. The van der Waals surface area contributed by atoms with E-state index in [0.29, 0.717) is 12.6 Å². The lowest BCUT2D eigenvalue weighted by Gasteiger charge is -2.36. The molecule has 0 bridgehead atoms. The van der Waals surface area contributed by atoms with Gasteiger partial charge in [0.2, 0.25) is 0 Å². The van der Waals surface area contributed by atoms with E-state index in [1.54, 1.807) is 0 Å². The normalized spacial score (nSPS) is 20.6. The quantitative estimate of drug-likeness (QED) is 0.724. The van der Waals surface area contributed by atoms with Gasteiger partial charge in [-0.1, -0.05) is 13.8 Å². The third kappa shape index (κ3) is 4.92. The van der Waals surface area contributed by atoms with Crippen LogP contribution in [0.3, 0.4) is 0 Å². The molecule has 0 radical (unpaired) electrons. The summed E-state index contributed by atoms with van der Waals surface area (Å²) in [6.45, 7) is 6.55. The van der Waals surface area contributed by atoms with Crippen molar-refractivity contribution in [3.05, 3.63) is 0 Å². The molecule has 5 nitrogen and oxygen atoms in total. The van der Waals surface area contributed by atoms with Gasteiger partial charge in [0.05, 0.1) is 0 Å². The van der Waals surface area contributed by atoms with E-state index in [2.05, 4.69) is 29.2 Å². The highest BCUT2D eigenvalue weighted by Gasteiger charge is 2.25. The van der Waals surface area contributed by atoms with Crippen molar-refractivity contribution in [1.82, 2.24) is 15.1 Å². The average molecular weight is 257 g/mol. The van der Waals surface area contributed by atoms with E-state index in [9.17, 15) is 9.90 Å². The van der Waals surface area contributed by atoms with Crippen molar-refractivity contribution < 1.29 is 9.90 Å². The van der Waals surface area contributed by atoms with Crippen LogP contribution in [0.2, 0.25) is 0 Å². The first-order valence-electron chi connectivity index (χ1n) is 6.77. The van der Waals surface area contributed by atoms with E-state index in [-0.39, 0.29) is 6.04 Å². The molecule has 1 heterocycles. The highest BCUT2D eigenvalue weighted by Crippen LogP contribution is 2.14. The minimum atomic E-state index is -0.751. The Morgan fingerprint density at radius 2 is 1.94 bits per heavy atom. The number of hydrogen-bond donors (Lipinski definition) is 2. The zero-order valence-electron chi connectivity index (χ0n) is 12.0. The first-order chi connectivity index (χ1) is 8.40. The van der Waals surface area contributed by atoms with Gasteiger partial charge in [-0.25, -0.2) is 0 Å². The molecule has 1 fully saturated rings. The predicted octanol–water partition coefficient (Wildman–Crippen LogP) is 0.464. The van der Waals surface area contributed by atoms with Crippen molar-refractivity contribution in [2.75, 3.05) is 33.7 Å². The molecule has 1 atom stereocenters. The number of carboxylic acid groups (broad SMARTS) is 1. The second kappa shape index (κ2) is 7.07. The molecule has 2 N–H and O–H groups in total. The van der Waals surface area contributed by atoms with Crippen molar-refractivity contribution in [2.24, 2.45) is 0 Å². The van der Waals surface area contributed by atoms with Gasteiger partial charge in [-0.15, -0.1) is 0 Å². The van der Waals surface area contributed by atoms with Crippen LogP contribution in [-0.4, -0.2) is 72.7 Å². The maximum atomic E-state index is 11.2. The molecule has 18 heavy (non-hydrogen) atoms. The molecule has 0 aliphatic carbocycles. The zero-order chi connectivity index (χ0) is 13.7. The monoisotopic (exact) mass is 257 g/mol. The smallest absolute Gasteiger partial charge is 0.322 e. The summed E-state index contributed by atoms with van der Waals surface area (Å²) in [5.74, 6) is -0.751. The second-order valence-corrected chi connectivity index (χ2v) is 5.71. The van der Waals surface area contributed by atoms with Crippen molar-refractivity contribution in [2.45, 2.75) is 44.8 Å². The van der Waals surface area contributed by atoms with Gasteiger partial charge in [0.15, 0.2) is 0 Å². The Morgan fingerprint density at radius 3 is 2.33 bits per heavy atom. The summed E-state index contributed by atoms with van der Waals surface area (Å²) in [7, 11) is 4.22. The first kappa shape index (κ1) is 15.4. The standard InChI is InChI=1S/C13H27N3O2/c1-10(2)14-12(13(17)18)9-16-7-5-11(6-8-16)15(3)4/h10-12,14H,5-9H2,1-4H3,(H,17,18). The Labute approximate surface area is 110 Å². The molecule has 1 unspecified atom stereocenters. The molecular weight excluding hydrogens is 230 g/mol. The molecule has 0 spiro atoms. The summed E-state index contributed by atoms with van der Waals surface area (Å²) < 4.78 is 0. The number of likely N-dealkylation sites (tertiary alicyclic amines) is 1. The fourth-order valence-electron chi connectivity index (χ4n) is 2.48. The third-order valence-corrected chi connectivity index (χ3v) is 3.56. The largest absolute Gasteiger partial charge is 0.480 e. The van der Waals surface area contributed by atoms with Crippen molar-refractivity contribution in [3.63, 3.8) is 0 Å². The lowest BCUT2D eigenvalue weighted by molar-refractivity contribution is -0.140. The number of nitrogens with zero attached hydrogens (tertiary/aromatic N) is 2. The van der Waals surface area contributed by atoms with Crippen LogP contribution in [0.15, 0.2) is 0 Å². The van der Waals surface area contributed by atoms with E-state index < -0.39 is 12.0 Å². The second-order valence-electron chi connectivity index (χ2n) is 5.71. The molecule has 1 aliphatic heterocycles. The molecule has 0 aromatic rings. The zero-order valence-corrected chi connectivity index (χ0v) is 12.0. The highest BCUT2D eigenvalue weighted by atomic mass is 16.4. The van der Waals surface area contributed by atoms with Gasteiger partial charge in [-0.2, -0.15) is 0 Å². The van der Waals surface area contributed by atoms with Crippen LogP contribution in [0.25, 0.3) is 0 Å². The fraction of sp³-hybridized carbons (Fsp3) is 0.923. The van der Waals surface area contributed by atoms with E-state index in [1.807, 2.05) is 13.8 Å². The predicted molar refractivity (Wildman–Crippen MR) is 72.8 cm³/mol. The summed E-state index contributed by atoms with van der Waals surface area (Å²) >= 11 is 0. The van der Waals surface area contributed by atoms with E-state index in [0.717, 1.165) is 25.9 Å². The van der Waals surface area contributed by atoms with Gasteiger partial charge < -0.3 is 20.2 Å². The van der Waals surface area contributed by atoms with Crippen molar-refractivity contribution >= 4 is 5.97 Å². The first-order valence-corrected chi connectivity index (χ1v) is 6.77. The Bertz CT molecular complexity index is 261. The van der Waals surface area contributed by atoms with Gasteiger partial charge in [-0.3, -0.25) is 4.79 Å². The number of hydrogen-bond acceptors (Lipinski definition) is 4. The molecule has 5 heteroatoms. The van der Waals surface area contributed by atoms with Gasteiger partial charge >= 0.3 is 5.97 Å². The lowest BCUT2D eigenvalue weighted by atomic mass is 10.0. The van der Waals surface area contributed by atoms with Crippen LogP contribution < -0.4 is 5.32 Å². The van der Waals surface area contributed by atoms with Crippen LogP contribution in [0, 0.1) is 0 Å². The molecule has 1 rings (SSSR count). The van der Waals surface area contributed by atoms with Gasteiger partial charge in [0.1, 0.15) is 6.04 Å². The lowest BCUT2D eigenvalue weighted by Crippen LogP contribution is -2.51. The van der Waals surface area contributed by atoms with Crippen LogP contribution in [-0.2, 0) is 4.79 Å². The Kier molecular flexibility index (Phi) is 6.05. The maximum Gasteiger partial charge on any atom is 0.322 e. The summed E-state index contributed by atoms with van der Waals surface area (Å²) in [6.07, 6.45) is 2.25. The minimum absolute atomic E-state index is 0.199. The Morgan fingerprint density at radius 1 is 1.39 bits per heavy atom. The van der Waals surface area contributed by atoms with Crippen LogP contribution in [0.4, 0.5) is 0 Å². The molecule has 0 saturated carbocycles. The summed E-state index contributed by atoms with van der Waals surface area (Å²) in [5, 5.41) is 12.3. The van der Waals surface area contributed by atoms with Gasteiger partial charge in [0.25, 0.3) is 0 Å². The number of nitrogens with one attached hydrogen (secondary N) is 1. The van der Waals surface area contributed by atoms with E-state index >= 15 is 0 Å². The highest BCUT2D eigenvalue weighted by molar-refractivity contribution is 5.73. The van der Waals surface area contributed by atoms with E-state index in [4.69, 9.17) is 0 Å². The van der Waals surface area contributed by atoms with Crippen molar-refractivity contribution in [1.29, 1.82) is 0 Å². The van der Waals surface area contributed by atoms with E-state index in [1.165, 1.54) is 0 Å². The summed E-state index contributed by atoms with van der Waals surface area (Å²) in [5.41, 5.74) is 0. The Balaban J connectivity index is 2.40. The number of aliphatic carboxylic acids is 1. The number of rotatable bonds is 6. The molecule has 0 aromatic carbocycles. The molecule has 1 saturated heterocycles. The fourth-order valence-corrected chi connectivity index (χ4v) is 2.48. The SMILES string of the molecule is CC(C)NC(CN1CCC(N(C)C)CC1)C(=O)O.